The highest BCUT2D eigenvalue weighted by atomic mass is 19.1. The molecule has 6 rings (SSSR count). The Morgan fingerprint density at radius 3 is 2.45 bits per heavy atom. The van der Waals surface area contributed by atoms with Crippen LogP contribution < -0.4 is 15.2 Å². The van der Waals surface area contributed by atoms with Crippen molar-refractivity contribution in [3.63, 3.8) is 0 Å². The van der Waals surface area contributed by atoms with Crippen molar-refractivity contribution >= 4 is 16.6 Å². The number of anilines is 1. The smallest absolute Gasteiger partial charge is 0.253 e. The van der Waals surface area contributed by atoms with Crippen LogP contribution in [0.5, 0.6) is 5.75 Å². The number of nitrogens with one attached hydrogen (secondary N) is 1. The molecule has 1 N–H and O–H groups in total. The lowest BCUT2D eigenvalue weighted by atomic mass is 10.0. The van der Waals surface area contributed by atoms with Crippen LogP contribution >= 0.6 is 0 Å². The van der Waals surface area contributed by atoms with Gasteiger partial charge in [-0.25, -0.2) is 9.07 Å². The molecule has 0 bridgehead atoms. The van der Waals surface area contributed by atoms with E-state index in [0.29, 0.717) is 44.1 Å². The maximum atomic E-state index is 13.5. The highest BCUT2D eigenvalue weighted by Crippen LogP contribution is 2.29. The first kappa shape index (κ1) is 25.7. The summed E-state index contributed by atoms with van der Waals surface area (Å²) in [7, 11) is 1.64. The fourth-order valence-corrected chi connectivity index (χ4v) is 5.36. The lowest BCUT2D eigenvalue weighted by Gasteiger charge is -2.39. The Balaban J connectivity index is 1.37. The minimum Gasteiger partial charge on any atom is -0.497 e. The van der Waals surface area contributed by atoms with Crippen LogP contribution in [-0.2, 0) is 6.54 Å². The van der Waals surface area contributed by atoms with Crippen LogP contribution in [0.3, 0.4) is 0 Å². The van der Waals surface area contributed by atoms with Gasteiger partial charge in [-0.1, -0.05) is 23.8 Å². The molecule has 0 spiro atoms. The maximum Gasteiger partial charge on any atom is 0.253 e. The largest absolute Gasteiger partial charge is 0.497 e. The molecule has 5 aromatic rings. The molecule has 0 amide bonds. The van der Waals surface area contributed by atoms with Gasteiger partial charge in [0.1, 0.15) is 17.6 Å². The van der Waals surface area contributed by atoms with Gasteiger partial charge in [0.15, 0.2) is 5.82 Å². The van der Waals surface area contributed by atoms with Gasteiger partial charge in [-0.3, -0.25) is 9.69 Å². The molecule has 3 heterocycles. The second-order valence-corrected chi connectivity index (χ2v) is 10.1. The van der Waals surface area contributed by atoms with Gasteiger partial charge in [-0.2, -0.15) is 0 Å². The Morgan fingerprint density at radius 2 is 1.73 bits per heavy atom. The van der Waals surface area contributed by atoms with Crippen LogP contribution in [0.1, 0.15) is 28.6 Å². The summed E-state index contributed by atoms with van der Waals surface area (Å²) in [5.41, 5.74) is 4.31. The number of halogens is 1. The number of aryl methyl sites for hydroxylation is 1. The summed E-state index contributed by atoms with van der Waals surface area (Å²) in [5.74, 6) is 1.12. The van der Waals surface area contributed by atoms with E-state index >= 15 is 0 Å². The monoisotopic (exact) mass is 539 g/mol. The summed E-state index contributed by atoms with van der Waals surface area (Å²) in [6, 6.07) is 21.8. The number of piperazine rings is 1. The van der Waals surface area contributed by atoms with Crippen LogP contribution in [0.25, 0.3) is 10.9 Å². The van der Waals surface area contributed by atoms with Crippen LogP contribution in [-0.4, -0.2) is 63.4 Å². The number of nitrogens with zero attached hydrogens (tertiary/aromatic N) is 6. The number of aromatic amines is 1. The molecule has 1 aliphatic rings. The van der Waals surface area contributed by atoms with Gasteiger partial charge < -0.3 is 14.6 Å². The third-order valence-electron chi connectivity index (χ3n) is 7.49. The minimum atomic E-state index is -0.461. The van der Waals surface area contributed by atoms with Crippen molar-refractivity contribution in [1.82, 2.24) is 30.1 Å². The van der Waals surface area contributed by atoms with Crippen molar-refractivity contribution in [3.8, 4) is 5.75 Å². The molecule has 2 aromatic heterocycles. The minimum absolute atomic E-state index is 0.165. The van der Waals surface area contributed by atoms with Crippen molar-refractivity contribution in [2.45, 2.75) is 19.5 Å². The number of benzene rings is 3. The van der Waals surface area contributed by atoms with Crippen LogP contribution in [0, 0.1) is 12.7 Å². The first-order valence-corrected chi connectivity index (χ1v) is 13.3. The number of fused-ring (bicyclic) bond motifs is 1. The fourth-order valence-electron chi connectivity index (χ4n) is 5.36. The first-order valence-electron chi connectivity index (χ1n) is 13.3. The Labute approximate surface area is 230 Å². The summed E-state index contributed by atoms with van der Waals surface area (Å²) >= 11 is 0. The van der Waals surface area contributed by atoms with Crippen molar-refractivity contribution in [2.75, 3.05) is 38.2 Å². The summed E-state index contributed by atoms with van der Waals surface area (Å²) in [4.78, 5) is 21.1. The number of ether oxygens (including phenoxy) is 1. The van der Waals surface area contributed by atoms with E-state index in [9.17, 15) is 9.18 Å². The molecule has 1 unspecified atom stereocenters. The van der Waals surface area contributed by atoms with Crippen LogP contribution in [0.4, 0.5) is 10.1 Å². The van der Waals surface area contributed by atoms with Gasteiger partial charge in [-0.15, -0.1) is 5.10 Å². The molecule has 1 saturated heterocycles. The topological polar surface area (TPSA) is 92.2 Å². The maximum absolute atomic E-state index is 13.5. The molecule has 0 radical (unpaired) electrons. The molecule has 40 heavy (non-hydrogen) atoms. The Hall–Kier alpha value is -4.57. The van der Waals surface area contributed by atoms with E-state index in [0.717, 1.165) is 33.5 Å². The van der Waals surface area contributed by atoms with Gasteiger partial charge in [-0.05, 0) is 82.9 Å². The summed E-state index contributed by atoms with van der Waals surface area (Å²) in [6.45, 7) is 5.25. The van der Waals surface area contributed by atoms with Gasteiger partial charge >= 0.3 is 0 Å². The van der Waals surface area contributed by atoms with Gasteiger partial charge in [0, 0.05) is 42.9 Å². The molecule has 9 nitrogen and oxygen atoms in total. The van der Waals surface area contributed by atoms with Crippen molar-refractivity contribution in [3.05, 3.63) is 111 Å². The molecule has 1 atom stereocenters. The molecule has 0 saturated carbocycles. The number of hydrogen-bond acceptors (Lipinski definition) is 7. The van der Waals surface area contributed by atoms with Gasteiger partial charge in [0.2, 0.25) is 0 Å². The van der Waals surface area contributed by atoms with E-state index in [1.165, 1.54) is 12.1 Å². The Kier molecular flexibility index (Phi) is 7.00. The average Bonchev–Trinajstić information content (AvgIpc) is 3.42. The number of rotatable bonds is 7. The zero-order valence-corrected chi connectivity index (χ0v) is 22.4. The Morgan fingerprint density at radius 1 is 0.975 bits per heavy atom. The summed E-state index contributed by atoms with van der Waals surface area (Å²) in [6.07, 6.45) is 0. The third kappa shape index (κ3) is 5.17. The molecule has 204 valence electrons. The zero-order valence-electron chi connectivity index (χ0n) is 22.4. The van der Waals surface area contributed by atoms with Gasteiger partial charge in [0.25, 0.3) is 5.56 Å². The number of H-pyrrole nitrogens is 1. The number of aromatic nitrogens is 5. The standard InChI is InChI=1S/C30H30FN7O2/c1-20-3-12-27-22(17-20)18-26(30(39)32-27)28(37-15-13-36(14-16-37)24-8-6-23(31)7-9-24)29-33-34-35-38(29)19-21-4-10-25(40-2)11-5-21/h3-12,17-18,28H,13-16,19H2,1-2H3,(H,32,39). The predicted molar refractivity (Wildman–Crippen MR) is 151 cm³/mol. The quantitative estimate of drug-likeness (QED) is 0.335. The second-order valence-electron chi connectivity index (χ2n) is 10.1. The number of tetrazole rings is 1. The average molecular weight is 540 g/mol. The Bertz CT molecular complexity index is 1670. The van der Waals surface area contributed by atoms with E-state index in [1.54, 1.807) is 23.9 Å². The zero-order chi connectivity index (χ0) is 27.6. The van der Waals surface area contributed by atoms with Crippen molar-refractivity contribution < 1.29 is 9.13 Å². The molecule has 1 fully saturated rings. The molecule has 10 heteroatoms. The van der Waals surface area contributed by atoms with E-state index in [1.807, 2.05) is 49.4 Å². The van der Waals surface area contributed by atoms with E-state index in [4.69, 9.17) is 4.74 Å². The molecule has 3 aromatic carbocycles. The number of pyridine rings is 1. The second kappa shape index (κ2) is 10.9. The summed E-state index contributed by atoms with van der Waals surface area (Å²) < 4.78 is 20.5. The highest BCUT2D eigenvalue weighted by Gasteiger charge is 2.33. The summed E-state index contributed by atoms with van der Waals surface area (Å²) in [5, 5.41) is 13.7. The lowest BCUT2D eigenvalue weighted by Crippen LogP contribution is -2.49. The van der Waals surface area contributed by atoms with E-state index < -0.39 is 6.04 Å². The van der Waals surface area contributed by atoms with Crippen LogP contribution in [0.2, 0.25) is 0 Å². The van der Waals surface area contributed by atoms with Crippen molar-refractivity contribution in [2.24, 2.45) is 0 Å². The molecule has 1 aliphatic heterocycles. The highest BCUT2D eigenvalue weighted by molar-refractivity contribution is 5.79. The van der Waals surface area contributed by atoms with Gasteiger partial charge in [0.05, 0.1) is 13.7 Å². The van der Waals surface area contributed by atoms with E-state index in [2.05, 4.69) is 36.4 Å². The SMILES string of the molecule is COc1ccc(Cn2nnnc2C(c2cc3cc(C)ccc3[nH]c2=O)N2CCN(c3ccc(F)cc3)CC2)cc1. The lowest BCUT2D eigenvalue weighted by molar-refractivity contribution is 0.200. The predicted octanol–water partition coefficient (Wildman–Crippen LogP) is 3.93. The van der Waals surface area contributed by atoms with Crippen molar-refractivity contribution in [1.29, 1.82) is 0 Å². The third-order valence-corrected chi connectivity index (χ3v) is 7.49. The van der Waals surface area contributed by atoms with E-state index in [-0.39, 0.29) is 11.4 Å². The fraction of sp³-hybridized carbons (Fsp3) is 0.267. The van der Waals surface area contributed by atoms with Crippen LogP contribution in [0.15, 0.2) is 77.6 Å². The molecular weight excluding hydrogens is 509 g/mol. The number of methoxy groups -OCH3 is 1. The molecule has 0 aliphatic carbocycles. The normalized spacial score (nSPS) is 14.9. The first-order chi connectivity index (χ1) is 19.5. The molecular formula is C30H30FN7O2. The number of hydrogen-bond donors (Lipinski definition) is 1.